The predicted molar refractivity (Wildman–Crippen MR) is 567 cm³/mol. The van der Waals surface area contributed by atoms with Crippen molar-refractivity contribution in [1.29, 1.82) is 0 Å². The lowest BCUT2D eigenvalue weighted by molar-refractivity contribution is 0.451. The fourth-order valence-electron chi connectivity index (χ4n) is 12.7. The van der Waals surface area contributed by atoms with Gasteiger partial charge in [-0.2, -0.15) is 0 Å². The second-order valence-electron chi connectivity index (χ2n) is 30.4. The average molecular weight is 2080 g/mol. The molecule has 0 fully saturated rings. The van der Waals surface area contributed by atoms with E-state index in [1.165, 1.54) is 14.5 Å². The van der Waals surface area contributed by atoms with Gasteiger partial charge in [-0.15, -0.1) is 30.4 Å². The number of hydrogen-bond acceptors (Lipinski definition) is 9. The van der Waals surface area contributed by atoms with Gasteiger partial charge in [-0.05, 0) is 216 Å². The Morgan fingerprint density at radius 1 is 0.323 bits per heavy atom. The van der Waals surface area contributed by atoms with Crippen molar-refractivity contribution in [3.05, 3.63) is 445 Å². The van der Waals surface area contributed by atoms with E-state index in [9.17, 15) is 0 Å². The van der Waals surface area contributed by atoms with Crippen LogP contribution in [0.1, 0.15) is 39.3 Å². The monoisotopic (exact) mass is 2080 g/mol. The maximum Gasteiger partial charge on any atom is 0.569 e. The molecular formula is C114H86BBr2I2O9Si2. The number of rotatable bonds is 4. The van der Waals surface area contributed by atoms with Gasteiger partial charge in [0.2, 0.25) is 0 Å². The SMILES string of the molecule is Brc1ccoc1C#Cc1ccccc1.Brc1ccoc1I.C#C[Si](C)(C)C.C#Cc1ccccc1.C#Cc1ccccc1.C(#Cc1occc1-c1cccc2c1oc1ccccc12)c1ccccc1.C[Si](C)(C)C#Cc1ccccc1.Ic1ccccc1.O[B]Oc1cccc2c1oc1ccccc12.c1ccc(-c2cc3occc3c3c2ccc2c4ccccc4oc23)cc1. The van der Waals surface area contributed by atoms with Crippen molar-refractivity contribution < 1.29 is 40.6 Å². The van der Waals surface area contributed by atoms with Crippen molar-refractivity contribution in [1.82, 2.24) is 0 Å². The van der Waals surface area contributed by atoms with Crippen LogP contribution in [0.2, 0.25) is 39.3 Å². The first kappa shape index (κ1) is 95.3. The molecule has 16 heteroatoms. The summed E-state index contributed by atoms with van der Waals surface area (Å²) < 4.78 is 48.7. The number of hydrogen-bond donors (Lipinski definition) is 1. The van der Waals surface area contributed by atoms with Gasteiger partial charge in [0.1, 0.15) is 55.4 Å². The van der Waals surface area contributed by atoms with Crippen molar-refractivity contribution in [3.63, 3.8) is 0 Å². The van der Waals surface area contributed by atoms with Crippen molar-refractivity contribution in [2.24, 2.45) is 0 Å². The quantitative estimate of drug-likeness (QED) is 0.104. The predicted octanol–water partition coefficient (Wildman–Crippen LogP) is 32.0. The zero-order valence-electron chi connectivity index (χ0n) is 72.0. The van der Waals surface area contributed by atoms with Crippen LogP contribution in [0.25, 0.3) is 110 Å². The third kappa shape index (κ3) is 27.6. The lowest BCUT2D eigenvalue weighted by atomic mass is 9.94. The van der Waals surface area contributed by atoms with Crippen LogP contribution in [-0.4, -0.2) is 28.9 Å². The van der Waals surface area contributed by atoms with Gasteiger partial charge in [-0.1, -0.05) is 299 Å². The number of benzene rings is 14. The van der Waals surface area contributed by atoms with Gasteiger partial charge in [0.25, 0.3) is 0 Å². The minimum absolute atomic E-state index is 0.510. The van der Waals surface area contributed by atoms with E-state index in [0.717, 1.165) is 134 Å². The van der Waals surface area contributed by atoms with E-state index in [2.05, 4.69) is 248 Å². The van der Waals surface area contributed by atoms with E-state index in [-0.39, 0.29) is 0 Å². The summed E-state index contributed by atoms with van der Waals surface area (Å²) in [7, 11) is -1.65. The Hall–Kier alpha value is -13.8. The summed E-state index contributed by atoms with van der Waals surface area (Å²) in [5, 5.41) is 18.6. The molecular weight excluding hydrogens is 1990 g/mol. The van der Waals surface area contributed by atoms with E-state index in [1.54, 1.807) is 31.1 Å². The molecule has 0 spiro atoms. The summed E-state index contributed by atoms with van der Waals surface area (Å²) in [6.45, 7) is 13.2. The van der Waals surface area contributed by atoms with Gasteiger partial charge in [0.15, 0.2) is 20.9 Å². The van der Waals surface area contributed by atoms with Crippen LogP contribution >= 0.6 is 77.0 Å². The molecule has 0 aliphatic heterocycles. The molecule has 0 aliphatic carbocycles. The highest BCUT2D eigenvalue weighted by Gasteiger charge is 2.20. The van der Waals surface area contributed by atoms with Crippen LogP contribution in [0.4, 0.5) is 0 Å². The molecule has 635 valence electrons. The standard InChI is InChI=1S/2C24H14O2.C12H8BO3.C12H7BrO.C11H14Si.2C8H6.C6H5I.C5H10Si.C4H2BrIO/c1-2-6-15(7-3-1)20-14-22-19(12-13-25-22)23-17(20)10-11-18-16-8-4-5-9-21(16)26-24(18)23;1-2-7-17(8-3-1)13-14-22-19(15-16-25-22)21-11-6-10-20-18-9-4-5-12-23(18)26-24(20)21;14-13-16-11-7-3-5-9-8-4-1-2-6-10(8)15-12(9)11;13-11-8-9-14-12(11)7-6-10-4-2-1-3-5-10;1-12(2,3)10-9-11-7-5-4-6-8-11;2*1-2-8-6-4-3-5-7-8;7-6-4-2-1-3-5-6;1-5-6(2,3)4;5-3-1-2-7-4(3)6/h1-14H;1-12,15-16H;1-7,14H;1-5,8-9H;4-8H,1-3H3;2*1,3-7H;1-5H;1H,2-4H3;1-2H. The molecule has 0 bridgehead atoms. The number of para-hydroxylation sites is 5. The van der Waals surface area contributed by atoms with Gasteiger partial charge in [0, 0.05) is 108 Å². The number of terminal acetylenes is 3. The third-order valence-corrected chi connectivity index (χ3v) is 24.1. The van der Waals surface area contributed by atoms with Crippen LogP contribution in [0.15, 0.2) is 429 Å². The van der Waals surface area contributed by atoms with Crippen LogP contribution in [0.3, 0.4) is 0 Å². The maximum absolute atomic E-state index is 8.67. The smallest absolute Gasteiger partial charge is 0.535 e. The molecule has 0 unspecified atom stereocenters. The van der Waals surface area contributed by atoms with Crippen molar-refractivity contribution >= 4 is 188 Å². The molecule has 9 nitrogen and oxygen atoms in total. The molecule has 0 aliphatic rings. The van der Waals surface area contributed by atoms with Gasteiger partial charge in [-0.3, -0.25) is 0 Å². The van der Waals surface area contributed by atoms with E-state index >= 15 is 0 Å². The average Bonchev–Trinajstić information content (AvgIpc) is 1.54. The summed E-state index contributed by atoms with van der Waals surface area (Å²) in [5.41, 5.74) is 21.2. The number of fused-ring (bicyclic) bond motifs is 13. The van der Waals surface area contributed by atoms with Gasteiger partial charge < -0.3 is 40.6 Å². The van der Waals surface area contributed by atoms with Crippen LogP contribution in [0.5, 0.6) is 5.75 Å². The van der Waals surface area contributed by atoms with Crippen LogP contribution < -0.4 is 4.65 Å². The van der Waals surface area contributed by atoms with E-state index < -0.39 is 16.1 Å². The Morgan fingerprint density at radius 3 is 1.17 bits per heavy atom. The molecule has 0 saturated carbocycles. The highest BCUT2D eigenvalue weighted by molar-refractivity contribution is 14.1. The second-order valence-corrected chi connectivity index (χ2v) is 43.9. The molecule has 130 heavy (non-hydrogen) atoms. The Labute approximate surface area is 805 Å². The third-order valence-electron chi connectivity index (χ3n) is 18.9. The summed E-state index contributed by atoms with van der Waals surface area (Å²) in [6, 6.07) is 120. The Morgan fingerprint density at radius 2 is 0.723 bits per heavy atom. The normalized spacial score (nSPS) is 10.2. The number of halogens is 4. The van der Waals surface area contributed by atoms with Crippen molar-refractivity contribution in [3.8, 4) is 99.8 Å². The summed E-state index contributed by atoms with van der Waals surface area (Å²) in [6.07, 6.45) is 22.0. The Bertz CT molecular complexity index is 7500. The Balaban J connectivity index is 0.000000137. The fourth-order valence-corrected chi connectivity index (χ4v) is 14.4. The molecule has 7 aromatic heterocycles. The maximum atomic E-state index is 8.67. The topological polar surface area (TPSA) is 121 Å². The molecule has 0 atom stereocenters. The zero-order chi connectivity index (χ0) is 91.5. The fraction of sp³-hybridized carbons (Fsp3) is 0.0526. The molecule has 1 N–H and O–H groups in total. The van der Waals surface area contributed by atoms with E-state index in [0.29, 0.717) is 30.5 Å². The van der Waals surface area contributed by atoms with Crippen molar-refractivity contribution in [2.75, 3.05) is 0 Å². The van der Waals surface area contributed by atoms with Crippen LogP contribution in [0, 0.1) is 79.1 Å². The summed E-state index contributed by atoms with van der Waals surface area (Å²) >= 11 is 11.0. The van der Waals surface area contributed by atoms with Gasteiger partial charge >= 0.3 is 7.69 Å². The molecule has 0 saturated heterocycles. The van der Waals surface area contributed by atoms with E-state index in [1.807, 2.05) is 279 Å². The Kier molecular flexibility index (Phi) is 35.4. The molecule has 1 radical (unpaired) electrons. The highest BCUT2D eigenvalue weighted by atomic mass is 127. The molecule has 21 aromatic rings. The number of furan rings is 7. The molecule has 7 heterocycles. The van der Waals surface area contributed by atoms with Gasteiger partial charge in [0.05, 0.1) is 34.0 Å². The van der Waals surface area contributed by atoms with E-state index in [4.69, 9.17) is 59.9 Å². The second kappa shape index (κ2) is 48.4. The lowest BCUT2D eigenvalue weighted by Gasteiger charge is -2.08. The minimum Gasteiger partial charge on any atom is -0.535 e. The molecule has 21 rings (SSSR count). The highest BCUT2D eigenvalue weighted by Crippen LogP contribution is 2.43. The minimum atomic E-state index is -1.20. The lowest BCUT2D eigenvalue weighted by Crippen LogP contribution is -2.16. The summed E-state index contributed by atoms with van der Waals surface area (Å²) in [5.74, 6) is 22.3. The van der Waals surface area contributed by atoms with Gasteiger partial charge in [-0.25, -0.2) is 0 Å². The molecule has 14 aromatic carbocycles. The first-order chi connectivity index (χ1) is 63.3. The first-order valence-electron chi connectivity index (χ1n) is 41.1. The first-order valence-corrected chi connectivity index (χ1v) is 51.9. The largest absolute Gasteiger partial charge is 0.569 e. The van der Waals surface area contributed by atoms with Crippen molar-refractivity contribution in [2.45, 2.75) is 39.3 Å². The van der Waals surface area contributed by atoms with Crippen LogP contribution in [-0.2, 0) is 0 Å². The molecule has 0 amide bonds. The summed E-state index contributed by atoms with van der Waals surface area (Å²) in [4.78, 5) is 0. The zero-order valence-corrected chi connectivity index (χ0v) is 81.5.